The molecular formula is C13H25N3O4. The highest BCUT2D eigenvalue weighted by Gasteiger charge is 2.19. The highest BCUT2D eigenvalue weighted by molar-refractivity contribution is 5.82. The average molecular weight is 292 g/mol. The predicted molar refractivity (Wildman–Crippen MR) is 75.3 cm³/mol. The lowest BCUT2D eigenvalue weighted by atomic mass is 10.1. The molecule has 116 valence electrons. The van der Waals surface area contributed by atoms with Crippen LogP contribution < -0.4 is 10.6 Å². The molecule has 2 amide bonds. The summed E-state index contributed by atoms with van der Waals surface area (Å²) in [6.45, 7) is 2.22. The van der Waals surface area contributed by atoms with E-state index in [1.54, 1.807) is 0 Å². The number of carbonyl (C=O) groups is 3. The van der Waals surface area contributed by atoms with E-state index in [-0.39, 0.29) is 30.8 Å². The average Bonchev–Trinajstić information content (AvgIpc) is 2.32. The Labute approximate surface area is 119 Å². The molecule has 0 rings (SSSR count). The molecule has 0 fully saturated rings. The van der Waals surface area contributed by atoms with Gasteiger partial charge in [-0.3, -0.25) is 19.3 Å². The predicted octanol–water partition coefficient (Wildman–Crippen LogP) is -0.186. The van der Waals surface area contributed by atoms with Crippen LogP contribution in [0.25, 0.3) is 0 Å². The highest BCUT2D eigenvalue weighted by atomic mass is 16.4. The smallest absolute Gasteiger partial charge is 0.305 e. The number of rotatable bonds is 10. The SMILES string of the molecule is C[13C](=O)[15NH][13CH2][13CH2]CCC(C(=O)N[13CH2]CC(=O)O)N(C)C. The third-order valence-electron chi connectivity index (χ3n) is 2.84. The van der Waals surface area contributed by atoms with E-state index in [1.165, 1.54) is 6.92 Å². The number of hydrogen-bond donors (Lipinski definition) is 3. The van der Waals surface area contributed by atoms with Crippen LogP contribution in [0.3, 0.4) is 0 Å². The zero-order valence-corrected chi connectivity index (χ0v) is 12.4. The molecule has 0 bridgehead atoms. The van der Waals surface area contributed by atoms with Gasteiger partial charge in [-0.25, -0.2) is 0 Å². The zero-order valence-electron chi connectivity index (χ0n) is 12.4. The minimum Gasteiger partial charge on any atom is -0.481 e. The van der Waals surface area contributed by atoms with Crippen molar-refractivity contribution in [1.29, 1.82) is 0 Å². The maximum atomic E-state index is 11.9. The molecule has 0 spiro atoms. The van der Waals surface area contributed by atoms with Gasteiger partial charge < -0.3 is 15.7 Å². The van der Waals surface area contributed by atoms with Crippen LogP contribution in [0.4, 0.5) is 0 Å². The van der Waals surface area contributed by atoms with Crippen LogP contribution in [-0.2, 0) is 14.4 Å². The molecular weight excluding hydrogens is 267 g/mol. The normalized spacial score (nSPS) is 12.0. The van der Waals surface area contributed by atoms with Gasteiger partial charge in [0, 0.05) is 20.0 Å². The maximum absolute atomic E-state index is 11.9. The molecule has 0 radical (unpaired) electrons. The largest absolute Gasteiger partial charge is 0.481 e. The maximum Gasteiger partial charge on any atom is 0.305 e. The van der Waals surface area contributed by atoms with Gasteiger partial charge in [0.25, 0.3) is 0 Å². The van der Waals surface area contributed by atoms with Crippen LogP contribution in [0.5, 0.6) is 0 Å². The summed E-state index contributed by atoms with van der Waals surface area (Å²) in [5.74, 6) is -1.14. The molecule has 0 aliphatic carbocycles. The monoisotopic (exact) mass is 292 g/mol. The molecule has 0 aliphatic rings. The Balaban J connectivity index is 3.99. The van der Waals surface area contributed by atoms with E-state index in [1.807, 2.05) is 19.0 Å². The Hall–Kier alpha value is -1.63. The minimum absolute atomic E-state index is 0.0550. The summed E-state index contributed by atoms with van der Waals surface area (Å²) in [4.78, 5) is 34.8. The second-order valence-electron chi connectivity index (χ2n) is 4.89. The minimum atomic E-state index is -0.929. The van der Waals surface area contributed by atoms with Crippen LogP contribution in [-0.4, -0.2) is 61.0 Å². The van der Waals surface area contributed by atoms with E-state index in [0.29, 0.717) is 13.0 Å². The summed E-state index contributed by atoms with van der Waals surface area (Å²) >= 11 is 0. The number of carbonyl (C=O) groups excluding carboxylic acids is 2. The van der Waals surface area contributed by atoms with Crippen molar-refractivity contribution >= 4 is 17.8 Å². The summed E-state index contributed by atoms with van der Waals surface area (Å²) in [7, 11) is 3.63. The number of amides is 2. The summed E-state index contributed by atoms with van der Waals surface area (Å²) in [5, 5.41) is 13.9. The fourth-order valence-corrected chi connectivity index (χ4v) is 1.76. The summed E-state index contributed by atoms with van der Waals surface area (Å²) in [6, 6.07) is -0.277. The second-order valence-corrected chi connectivity index (χ2v) is 4.89. The van der Waals surface area contributed by atoms with Crippen molar-refractivity contribution < 1.29 is 19.5 Å². The Morgan fingerprint density at radius 2 is 1.75 bits per heavy atom. The van der Waals surface area contributed by atoms with Gasteiger partial charge in [0.05, 0.1) is 12.5 Å². The number of nitrogens with zero attached hydrogens (tertiary/aromatic N) is 1. The van der Waals surface area contributed by atoms with E-state index < -0.39 is 5.97 Å². The van der Waals surface area contributed by atoms with Crippen molar-refractivity contribution in [2.24, 2.45) is 0 Å². The molecule has 0 aliphatic heterocycles. The molecule has 7 heteroatoms. The van der Waals surface area contributed by atoms with Gasteiger partial charge in [-0.1, -0.05) is 0 Å². The van der Waals surface area contributed by atoms with Crippen LogP contribution in [0.2, 0.25) is 0 Å². The Kier molecular flexibility index (Phi) is 9.36. The van der Waals surface area contributed by atoms with Crippen molar-refractivity contribution in [3.05, 3.63) is 0 Å². The van der Waals surface area contributed by atoms with Crippen molar-refractivity contribution in [2.45, 2.75) is 38.6 Å². The summed E-state index contributed by atoms with van der Waals surface area (Å²) in [5.41, 5.74) is 0. The molecule has 0 saturated heterocycles. The van der Waals surface area contributed by atoms with Gasteiger partial charge in [0.1, 0.15) is 0 Å². The van der Waals surface area contributed by atoms with Gasteiger partial charge in [-0.05, 0) is 33.4 Å². The van der Waals surface area contributed by atoms with Gasteiger partial charge in [0.15, 0.2) is 0 Å². The number of unbranched alkanes of at least 4 members (excludes halogenated alkanes) is 1. The lowest BCUT2D eigenvalue weighted by molar-refractivity contribution is -0.137. The molecule has 3 N–H and O–H groups in total. The molecule has 0 aromatic heterocycles. The Morgan fingerprint density at radius 1 is 1.10 bits per heavy atom. The quantitative estimate of drug-likeness (QED) is 0.294. The third-order valence-corrected chi connectivity index (χ3v) is 2.84. The standard InChI is InChI=1S/C13H25N3O4/c1-10(17)14-8-5-4-6-11(16(2)3)13(20)15-9-7-12(18)19/h11H,4-9H2,1-3H3,(H,14,17)(H,15,20)(H,18,19)/i5+1,8+1,9+1,10+1,14+1. The molecule has 0 saturated carbocycles. The molecule has 0 aromatic carbocycles. The number of carboxylic acid groups (broad SMARTS) is 1. The first-order valence-corrected chi connectivity index (χ1v) is 6.75. The van der Waals surface area contributed by atoms with Crippen molar-refractivity contribution in [3.63, 3.8) is 0 Å². The second kappa shape index (κ2) is 10.2. The van der Waals surface area contributed by atoms with Crippen molar-refractivity contribution in [3.8, 4) is 0 Å². The lowest BCUT2D eigenvalue weighted by Gasteiger charge is -2.23. The Morgan fingerprint density at radius 3 is 2.25 bits per heavy atom. The van der Waals surface area contributed by atoms with Crippen molar-refractivity contribution in [1.82, 2.24) is 15.5 Å². The molecule has 0 aromatic rings. The number of likely N-dealkylation sites (N-methyl/N-ethyl adjacent to an activating group) is 1. The van der Waals surface area contributed by atoms with Gasteiger partial charge >= 0.3 is 5.97 Å². The van der Waals surface area contributed by atoms with Gasteiger partial charge in [0.2, 0.25) is 11.8 Å². The molecule has 1 unspecified atom stereocenters. The van der Waals surface area contributed by atoms with E-state index >= 15 is 0 Å². The summed E-state index contributed by atoms with van der Waals surface area (Å²) < 4.78 is 0. The fourth-order valence-electron chi connectivity index (χ4n) is 1.76. The number of aliphatic carboxylic acids is 1. The van der Waals surface area contributed by atoms with E-state index in [9.17, 15) is 14.4 Å². The van der Waals surface area contributed by atoms with Crippen LogP contribution in [0, 0.1) is 0 Å². The topological polar surface area (TPSA) is 98.7 Å². The first-order chi connectivity index (χ1) is 9.34. The summed E-state index contributed by atoms with van der Waals surface area (Å²) in [6.07, 6.45) is 2.22. The Bertz CT molecular complexity index is 332. The highest BCUT2D eigenvalue weighted by Crippen LogP contribution is 2.06. The van der Waals surface area contributed by atoms with Crippen LogP contribution in [0.1, 0.15) is 32.6 Å². The number of hydrogen-bond acceptors (Lipinski definition) is 4. The molecule has 0 heterocycles. The van der Waals surface area contributed by atoms with Gasteiger partial charge in [-0.15, -0.1) is 0 Å². The first-order valence-electron chi connectivity index (χ1n) is 6.75. The molecule has 1 atom stereocenters. The van der Waals surface area contributed by atoms with Crippen LogP contribution in [0.15, 0.2) is 0 Å². The molecule has 20 heavy (non-hydrogen) atoms. The van der Waals surface area contributed by atoms with E-state index in [2.05, 4.69) is 10.6 Å². The van der Waals surface area contributed by atoms with Crippen molar-refractivity contribution in [2.75, 3.05) is 27.2 Å². The zero-order chi connectivity index (χ0) is 15.5. The lowest BCUT2D eigenvalue weighted by Crippen LogP contribution is -2.44. The van der Waals surface area contributed by atoms with Gasteiger partial charge in [-0.2, -0.15) is 0 Å². The number of carboxylic acids is 1. The molecule has 7 nitrogen and oxygen atoms in total. The van der Waals surface area contributed by atoms with E-state index in [0.717, 1.165) is 12.8 Å². The fraction of sp³-hybridized carbons (Fsp3) is 0.769. The van der Waals surface area contributed by atoms with E-state index in [4.69, 9.17) is 5.11 Å². The first kappa shape index (κ1) is 18.4. The third kappa shape index (κ3) is 9.32. The van der Waals surface area contributed by atoms with Crippen LogP contribution >= 0.6 is 0 Å². The number of nitrogens with one attached hydrogen (secondary N) is 2.